The number of nitrogens with zero attached hydrogens (tertiary/aromatic N) is 3. The molecule has 9 nitrogen and oxygen atoms in total. The van der Waals surface area contributed by atoms with Gasteiger partial charge in [-0.25, -0.2) is 17.6 Å². The van der Waals surface area contributed by atoms with Crippen LogP contribution in [0.3, 0.4) is 0 Å². The average Bonchev–Trinajstić information content (AvgIpc) is 3.17. The molecule has 2 aromatic carbocycles. The van der Waals surface area contributed by atoms with Crippen molar-refractivity contribution in [2.45, 2.75) is 4.90 Å². The zero-order chi connectivity index (χ0) is 22.2. The smallest absolute Gasteiger partial charge is 0.238 e. The van der Waals surface area contributed by atoms with Crippen molar-refractivity contribution in [2.24, 2.45) is 0 Å². The average molecular weight is 458 g/mol. The molecule has 0 saturated carbocycles. The second-order valence-electron chi connectivity index (χ2n) is 6.73. The van der Waals surface area contributed by atoms with E-state index in [1.807, 2.05) is 6.07 Å². The minimum Gasteiger partial charge on any atom is -0.480 e. The van der Waals surface area contributed by atoms with Gasteiger partial charge in [0.15, 0.2) is 11.0 Å². The second kappa shape index (κ2) is 8.00. The highest BCUT2D eigenvalue weighted by Gasteiger charge is 2.16. The van der Waals surface area contributed by atoms with Gasteiger partial charge < -0.3 is 10.5 Å². The Labute approximate surface area is 181 Å². The van der Waals surface area contributed by atoms with E-state index in [1.54, 1.807) is 54.9 Å². The zero-order valence-corrected chi connectivity index (χ0v) is 18.3. The number of aromatic nitrogens is 3. The Morgan fingerprint density at radius 1 is 1.10 bits per heavy atom. The van der Waals surface area contributed by atoms with Crippen LogP contribution >= 0.6 is 0 Å². The fourth-order valence-corrected chi connectivity index (χ4v) is 4.71. The highest BCUT2D eigenvalue weighted by atomic mass is 32.2. The van der Waals surface area contributed by atoms with Gasteiger partial charge in [0.05, 0.1) is 30.0 Å². The molecule has 4 aromatic rings. The van der Waals surface area contributed by atoms with Crippen LogP contribution < -0.4 is 15.2 Å². The first-order chi connectivity index (χ1) is 14.8. The number of ether oxygens (including phenoxy) is 1. The van der Waals surface area contributed by atoms with Gasteiger partial charge in [0.2, 0.25) is 15.9 Å². The molecule has 0 aliphatic carbocycles. The summed E-state index contributed by atoms with van der Waals surface area (Å²) in [4.78, 5) is 4.79. The predicted octanol–water partition coefficient (Wildman–Crippen LogP) is 2.63. The molecule has 0 saturated heterocycles. The van der Waals surface area contributed by atoms with Crippen LogP contribution in [0.4, 0.5) is 11.4 Å². The minimum atomic E-state index is -3.54. The van der Waals surface area contributed by atoms with Gasteiger partial charge in [0.25, 0.3) is 0 Å². The molecule has 1 unspecified atom stereocenters. The monoisotopic (exact) mass is 457 g/mol. The molecular formula is C20H19N5O4S2. The van der Waals surface area contributed by atoms with Crippen molar-refractivity contribution in [3.63, 3.8) is 0 Å². The molecule has 31 heavy (non-hydrogen) atoms. The molecule has 4 rings (SSSR count). The zero-order valence-electron chi connectivity index (χ0n) is 16.6. The molecule has 0 spiro atoms. The first-order valence-electron chi connectivity index (χ1n) is 9.03. The summed E-state index contributed by atoms with van der Waals surface area (Å²) >= 11 is 0. The third kappa shape index (κ3) is 4.23. The van der Waals surface area contributed by atoms with E-state index in [0.717, 1.165) is 6.26 Å². The van der Waals surface area contributed by atoms with Crippen LogP contribution in [0.25, 0.3) is 22.0 Å². The van der Waals surface area contributed by atoms with E-state index in [0.29, 0.717) is 32.6 Å². The van der Waals surface area contributed by atoms with Crippen molar-refractivity contribution in [2.75, 3.05) is 23.8 Å². The number of nitrogens with one attached hydrogen (secondary N) is 1. The number of fused-ring (bicyclic) bond motifs is 1. The van der Waals surface area contributed by atoms with Gasteiger partial charge in [-0.15, -0.1) is 0 Å². The van der Waals surface area contributed by atoms with Gasteiger partial charge in [-0.05, 0) is 35.9 Å². The van der Waals surface area contributed by atoms with Crippen LogP contribution in [0, 0.1) is 0 Å². The van der Waals surface area contributed by atoms with E-state index in [2.05, 4.69) is 14.8 Å². The predicted molar refractivity (Wildman–Crippen MR) is 121 cm³/mol. The van der Waals surface area contributed by atoms with Gasteiger partial charge >= 0.3 is 0 Å². The Hall–Kier alpha value is -3.44. The van der Waals surface area contributed by atoms with Crippen molar-refractivity contribution < 1.29 is 17.4 Å². The first kappa shape index (κ1) is 20.8. The highest BCUT2D eigenvalue weighted by molar-refractivity contribution is 7.92. The van der Waals surface area contributed by atoms with E-state index in [1.165, 1.54) is 11.2 Å². The number of sulfonamides is 1. The summed E-state index contributed by atoms with van der Waals surface area (Å²) in [5.41, 5.74) is 8.70. The Balaban J connectivity index is 1.84. The van der Waals surface area contributed by atoms with Crippen LogP contribution in [0.15, 0.2) is 65.8 Å². The van der Waals surface area contributed by atoms with Crippen LogP contribution in [0.2, 0.25) is 0 Å². The van der Waals surface area contributed by atoms with E-state index in [9.17, 15) is 12.6 Å². The first-order valence-corrected chi connectivity index (χ1v) is 12.0. The maximum atomic E-state index is 13.0. The van der Waals surface area contributed by atoms with E-state index in [-0.39, 0.29) is 11.6 Å². The quantitative estimate of drug-likeness (QED) is 0.426. The van der Waals surface area contributed by atoms with Gasteiger partial charge in [0, 0.05) is 22.8 Å². The van der Waals surface area contributed by atoms with Crippen molar-refractivity contribution in [1.82, 2.24) is 14.2 Å². The molecule has 3 N–H and O–H groups in total. The second-order valence-corrected chi connectivity index (χ2v) is 9.80. The summed E-state index contributed by atoms with van der Waals surface area (Å²) in [5.74, 6) is 0.137. The van der Waals surface area contributed by atoms with Gasteiger partial charge in [-0.3, -0.25) is 4.72 Å². The topological polar surface area (TPSA) is 129 Å². The molecule has 160 valence electrons. The largest absolute Gasteiger partial charge is 0.480 e. The molecule has 0 aliphatic heterocycles. The molecule has 1 atom stereocenters. The minimum absolute atomic E-state index is 0.137. The highest BCUT2D eigenvalue weighted by Crippen LogP contribution is 2.33. The number of hydrogen-bond donors (Lipinski definition) is 2. The van der Waals surface area contributed by atoms with E-state index in [4.69, 9.17) is 10.5 Å². The number of methoxy groups -OCH3 is 1. The molecule has 0 radical (unpaired) electrons. The lowest BCUT2D eigenvalue weighted by molar-refractivity contribution is 0.400. The number of hydrogen-bond acceptors (Lipinski definition) is 7. The molecule has 11 heteroatoms. The maximum Gasteiger partial charge on any atom is 0.238 e. The SMILES string of the molecule is COc1ncc(-c2cc(N)c3cnn(S(=O)c4ccccc4)c3c2)cc1NS(C)(=O)=O. The Bertz CT molecular complexity index is 1400. The van der Waals surface area contributed by atoms with Gasteiger partial charge in [-0.2, -0.15) is 9.19 Å². The van der Waals surface area contributed by atoms with Gasteiger partial charge in [-0.1, -0.05) is 18.2 Å². The molecule has 2 heterocycles. The van der Waals surface area contributed by atoms with E-state index >= 15 is 0 Å². The fourth-order valence-electron chi connectivity index (χ4n) is 3.11. The lowest BCUT2D eigenvalue weighted by Gasteiger charge is -2.12. The third-order valence-electron chi connectivity index (χ3n) is 4.46. The maximum absolute atomic E-state index is 13.0. The Morgan fingerprint density at radius 3 is 2.52 bits per heavy atom. The summed E-state index contributed by atoms with van der Waals surface area (Å²) in [6.45, 7) is 0. The van der Waals surface area contributed by atoms with Crippen molar-refractivity contribution in [3.05, 3.63) is 60.9 Å². The number of rotatable bonds is 6. The number of nitrogen functional groups attached to an aromatic ring is 1. The number of nitrogens with two attached hydrogens (primary N) is 1. The molecule has 0 aliphatic rings. The van der Waals surface area contributed by atoms with E-state index < -0.39 is 21.0 Å². The number of benzene rings is 2. The molecule has 2 aromatic heterocycles. The normalized spacial score (nSPS) is 12.6. The third-order valence-corrected chi connectivity index (χ3v) is 6.33. The standard InChI is InChI=1S/C20H19N5O4S2/c1-29-20-18(24-31(2,27)28)9-14(11-22-20)13-8-17(21)16-12-23-25(19(16)10-13)30(26)15-6-4-3-5-7-15/h3-12,24H,21H2,1-2H3. The van der Waals surface area contributed by atoms with Gasteiger partial charge in [0.1, 0.15) is 5.69 Å². The summed E-state index contributed by atoms with van der Waals surface area (Å²) in [5, 5.41) is 4.93. The Morgan fingerprint density at radius 2 is 1.84 bits per heavy atom. The van der Waals surface area contributed by atoms with Crippen LogP contribution in [0.1, 0.15) is 0 Å². The summed E-state index contributed by atoms with van der Waals surface area (Å²) in [6, 6.07) is 14.1. The van der Waals surface area contributed by atoms with Crippen LogP contribution in [-0.2, 0) is 21.0 Å². The van der Waals surface area contributed by atoms with Crippen LogP contribution in [-0.4, -0.2) is 40.2 Å². The molecule has 0 bridgehead atoms. The Kier molecular flexibility index (Phi) is 5.38. The number of pyridine rings is 1. The summed E-state index contributed by atoms with van der Waals surface area (Å²) < 4.78 is 45.4. The summed E-state index contributed by atoms with van der Waals surface area (Å²) in [6.07, 6.45) is 4.15. The summed E-state index contributed by atoms with van der Waals surface area (Å²) in [7, 11) is -3.70. The molecule has 0 fully saturated rings. The lowest BCUT2D eigenvalue weighted by Crippen LogP contribution is -2.11. The van der Waals surface area contributed by atoms with Crippen molar-refractivity contribution >= 4 is 43.3 Å². The molecular weight excluding hydrogens is 438 g/mol. The molecule has 0 amide bonds. The fraction of sp³-hybridized carbons (Fsp3) is 0.100. The lowest BCUT2D eigenvalue weighted by atomic mass is 10.0. The van der Waals surface area contributed by atoms with Crippen molar-refractivity contribution in [1.29, 1.82) is 0 Å². The number of anilines is 2. The van der Waals surface area contributed by atoms with Crippen LogP contribution in [0.5, 0.6) is 5.88 Å². The van der Waals surface area contributed by atoms with Crippen molar-refractivity contribution in [3.8, 4) is 17.0 Å².